The first-order valence-corrected chi connectivity index (χ1v) is 5.88. The number of amides is 1. The molecular formula is C14H15N3O2. The molecule has 0 radical (unpaired) electrons. The van der Waals surface area contributed by atoms with E-state index in [9.17, 15) is 9.90 Å². The number of nitrogens with zero attached hydrogens (tertiary/aromatic N) is 2. The fraction of sp³-hybridized carbons (Fsp3) is 0.214. The Hall–Kier alpha value is -2.27. The summed E-state index contributed by atoms with van der Waals surface area (Å²) in [5.74, 6) is -0.0570. The minimum atomic E-state index is -0.987. The van der Waals surface area contributed by atoms with Crippen molar-refractivity contribution in [1.82, 2.24) is 9.97 Å². The summed E-state index contributed by atoms with van der Waals surface area (Å²) < 4.78 is 0. The molecule has 0 bridgehead atoms. The van der Waals surface area contributed by atoms with Crippen molar-refractivity contribution in [3.05, 3.63) is 53.9 Å². The molecule has 1 aromatic carbocycles. The van der Waals surface area contributed by atoms with E-state index in [4.69, 9.17) is 0 Å². The molecule has 2 rings (SSSR count). The van der Waals surface area contributed by atoms with E-state index >= 15 is 0 Å². The molecule has 19 heavy (non-hydrogen) atoms. The van der Waals surface area contributed by atoms with Crippen molar-refractivity contribution in [2.75, 3.05) is 5.32 Å². The first-order valence-electron chi connectivity index (χ1n) is 5.88. The summed E-state index contributed by atoms with van der Waals surface area (Å²) in [6.45, 7) is 3.34. The predicted octanol–water partition coefficient (Wildman–Crippen LogP) is 1.96. The highest BCUT2D eigenvalue weighted by atomic mass is 16.3. The Morgan fingerprint density at radius 2 is 1.89 bits per heavy atom. The maximum atomic E-state index is 12.0. The molecule has 0 atom stereocenters. The highest BCUT2D eigenvalue weighted by molar-refractivity contribution is 6.03. The molecule has 2 aromatic rings. The van der Waals surface area contributed by atoms with Crippen molar-refractivity contribution in [3.8, 4) is 0 Å². The van der Waals surface area contributed by atoms with Crippen LogP contribution in [0.4, 0.5) is 5.95 Å². The van der Waals surface area contributed by atoms with Crippen LogP contribution in [0.25, 0.3) is 0 Å². The van der Waals surface area contributed by atoms with E-state index < -0.39 is 5.60 Å². The maximum absolute atomic E-state index is 12.0. The van der Waals surface area contributed by atoms with Crippen LogP contribution >= 0.6 is 0 Å². The topological polar surface area (TPSA) is 75.1 Å². The molecule has 0 unspecified atom stereocenters. The molecule has 0 aliphatic rings. The zero-order valence-corrected chi connectivity index (χ0v) is 10.8. The number of carbonyl (C=O) groups excluding carboxylic acids is 1. The van der Waals surface area contributed by atoms with Crippen LogP contribution in [0.15, 0.2) is 42.7 Å². The molecule has 2 N–H and O–H groups in total. The number of aliphatic hydroxyl groups is 1. The van der Waals surface area contributed by atoms with Gasteiger partial charge in [0.15, 0.2) is 0 Å². The molecule has 0 aliphatic carbocycles. The van der Waals surface area contributed by atoms with Gasteiger partial charge in [-0.25, -0.2) is 9.97 Å². The van der Waals surface area contributed by atoms with E-state index in [1.807, 2.05) is 0 Å². The minimum Gasteiger partial charge on any atom is -0.386 e. The molecule has 0 saturated carbocycles. The van der Waals surface area contributed by atoms with Gasteiger partial charge in [-0.1, -0.05) is 12.1 Å². The van der Waals surface area contributed by atoms with Crippen molar-refractivity contribution in [2.24, 2.45) is 0 Å². The highest BCUT2D eigenvalue weighted by Crippen LogP contribution is 2.20. The van der Waals surface area contributed by atoms with Crippen molar-refractivity contribution >= 4 is 11.9 Å². The first-order chi connectivity index (χ1) is 8.97. The Kier molecular flexibility index (Phi) is 3.57. The van der Waals surface area contributed by atoms with Gasteiger partial charge in [0.1, 0.15) is 0 Å². The normalized spacial score (nSPS) is 11.1. The third-order valence-electron chi connectivity index (χ3n) is 2.62. The van der Waals surface area contributed by atoms with Gasteiger partial charge in [-0.3, -0.25) is 10.1 Å². The Morgan fingerprint density at radius 3 is 2.53 bits per heavy atom. The summed E-state index contributed by atoms with van der Waals surface area (Å²) in [7, 11) is 0. The lowest BCUT2D eigenvalue weighted by Crippen LogP contribution is -2.18. The van der Waals surface area contributed by atoms with E-state index in [0.29, 0.717) is 11.1 Å². The zero-order valence-electron chi connectivity index (χ0n) is 10.8. The number of rotatable bonds is 3. The Balaban J connectivity index is 2.20. The molecule has 0 saturated heterocycles. The van der Waals surface area contributed by atoms with Crippen molar-refractivity contribution in [3.63, 3.8) is 0 Å². The molecular weight excluding hydrogens is 242 g/mol. The zero-order chi connectivity index (χ0) is 13.9. The third kappa shape index (κ3) is 3.35. The van der Waals surface area contributed by atoms with E-state index in [1.54, 1.807) is 56.6 Å². The smallest absolute Gasteiger partial charge is 0.258 e. The molecule has 0 aliphatic heterocycles. The van der Waals surface area contributed by atoms with Crippen LogP contribution in [0.3, 0.4) is 0 Å². The molecule has 98 valence electrons. The van der Waals surface area contributed by atoms with Crippen molar-refractivity contribution < 1.29 is 9.90 Å². The lowest BCUT2D eigenvalue weighted by atomic mass is 9.96. The van der Waals surface area contributed by atoms with Gasteiger partial charge in [0, 0.05) is 18.0 Å². The number of aromatic nitrogens is 2. The predicted molar refractivity (Wildman–Crippen MR) is 71.7 cm³/mol. The molecule has 5 heteroatoms. The van der Waals surface area contributed by atoms with Gasteiger partial charge >= 0.3 is 0 Å². The summed E-state index contributed by atoms with van der Waals surface area (Å²) in [6.07, 6.45) is 3.10. The third-order valence-corrected chi connectivity index (χ3v) is 2.62. The summed E-state index contributed by atoms with van der Waals surface area (Å²) >= 11 is 0. The highest BCUT2D eigenvalue weighted by Gasteiger charge is 2.17. The fourth-order valence-corrected chi connectivity index (χ4v) is 1.58. The Labute approximate surface area is 111 Å². The molecule has 0 spiro atoms. The SMILES string of the molecule is CC(C)(O)c1cccc(C(=O)Nc2ncccn2)c1. The minimum absolute atomic E-state index is 0.251. The Bertz CT molecular complexity index is 577. The molecule has 1 amide bonds. The largest absolute Gasteiger partial charge is 0.386 e. The van der Waals surface area contributed by atoms with E-state index in [0.717, 1.165) is 0 Å². The summed E-state index contributed by atoms with van der Waals surface area (Å²) in [4.78, 5) is 19.9. The van der Waals surface area contributed by atoms with Crippen LogP contribution in [0.5, 0.6) is 0 Å². The lowest BCUT2D eigenvalue weighted by Gasteiger charge is -2.18. The van der Waals surface area contributed by atoms with Gasteiger partial charge in [-0.05, 0) is 37.6 Å². The van der Waals surface area contributed by atoms with E-state index in [1.165, 1.54) is 0 Å². The van der Waals surface area contributed by atoms with Crippen molar-refractivity contribution in [1.29, 1.82) is 0 Å². The summed E-state index contributed by atoms with van der Waals surface area (Å²) in [5, 5.41) is 12.5. The average molecular weight is 257 g/mol. The summed E-state index contributed by atoms with van der Waals surface area (Å²) in [5.41, 5.74) is 0.140. The fourth-order valence-electron chi connectivity index (χ4n) is 1.58. The van der Waals surface area contributed by atoms with Crippen LogP contribution in [0.1, 0.15) is 29.8 Å². The number of hydrogen-bond donors (Lipinski definition) is 2. The standard InChI is InChI=1S/C14H15N3O2/c1-14(2,19)11-6-3-5-10(9-11)12(18)17-13-15-7-4-8-16-13/h3-9,19H,1-2H3,(H,15,16,17,18). The van der Waals surface area contributed by atoms with E-state index in [-0.39, 0.29) is 11.9 Å². The molecule has 1 aromatic heterocycles. The number of anilines is 1. The van der Waals surface area contributed by atoms with Crippen molar-refractivity contribution in [2.45, 2.75) is 19.4 Å². The van der Waals surface area contributed by atoms with Gasteiger partial charge in [0.25, 0.3) is 5.91 Å². The Morgan fingerprint density at radius 1 is 1.21 bits per heavy atom. The van der Waals surface area contributed by atoms with Gasteiger partial charge in [0.2, 0.25) is 5.95 Å². The van der Waals surface area contributed by atoms with Gasteiger partial charge < -0.3 is 5.11 Å². The second-order valence-electron chi connectivity index (χ2n) is 4.67. The second kappa shape index (κ2) is 5.16. The van der Waals surface area contributed by atoms with Gasteiger partial charge in [-0.2, -0.15) is 0 Å². The number of benzene rings is 1. The maximum Gasteiger partial charge on any atom is 0.258 e. The number of hydrogen-bond acceptors (Lipinski definition) is 4. The molecule has 0 fully saturated rings. The summed E-state index contributed by atoms with van der Waals surface area (Å²) in [6, 6.07) is 8.50. The molecule has 5 nitrogen and oxygen atoms in total. The van der Waals surface area contributed by atoms with Gasteiger partial charge in [0.05, 0.1) is 5.60 Å². The van der Waals surface area contributed by atoms with Crippen LogP contribution in [0, 0.1) is 0 Å². The lowest BCUT2D eigenvalue weighted by molar-refractivity contribution is 0.0785. The van der Waals surface area contributed by atoms with Crippen LogP contribution < -0.4 is 5.32 Å². The number of carbonyl (C=O) groups is 1. The van der Waals surface area contributed by atoms with E-state index in [2.05, 4.69) is 15.3 Å². The van der Waals surface area contributed by atoms with Crippen LogP contribution in [-0.2, 0) is 5.60 Å². The van der Waals surface area contributed by atoms with Crippen LogP contribution in [0.2, 0.25) is 0 Å². The van der Waals surface area contributed by atoms with Crippen LogP contribution in [-0.4, -0.2) is 21.0 Å². The second-order valence-corrected chi connectivity index (χ2v) is 4.67. The molecule has 1 heterocycles. The van der Waals surface area contributed by atoms with Gasteiger partial charge in [-0.15, -0.1) is 0 Å². The monoisotopic (exact) mass is 257 g/mol. The quantitative estimate of drug-likeness (QED) is 0.881. The average Bonchev–Trinajstić information content (AvgIpc) is 2.39. The first kappa shape index (κ1) is 13.2. The number of nitrogens with one attached hydrogen (secondary N) is 1.